The highest BCUT2D eigenvalue weighted by Gasteiger charge is 2.40. The molecule has 0 aromatic heterocycles. The Bertz CT molecular complexity index is 450. The highest BCUT2D eigenvalue weighted by Crippen LogP contribution is 2.45. The molecule has 0 saturated heterocycles. The van der Waals surface area contributed by atoms with E-state index in [0.717, 1.165) is 35.0 Å². The molecule has 1 aromatic rings. The smallest absolute Gasteiger partial charge is 0.127 e. The van der Waals surface area contributed by atoms with Crippen LogP contribution in [0.4, 0.5) is 0 Å². The molecule has 2 aliphatic rings. The third-order valence-electron chi connectivity index (χ3n) is 4.49. The minimum absolute atomic E-state index is 0.131. The van der Waals surface area contributed by atoms with Gasteiger partial charge in [0.1, 0.15) is 11.4 Å². The van der Waals surface area contributed by atoms with E-state index >= 15 is 0 Å². The van der Waals surface area contributed by atoms with Crippen molar-refractivity contribution in [2.24, 2.45) is 0 Å². The molecule has 0 radical (unpaired) electrons. The lowest BCUT2D eigenvalue weighted by molar-refractivity contribution is -0.0313. The highest BCUT2D eigenvalue weighted by atomic mass is 79.9. The number of halogens is 1. The quantitative estimate of drug-likeness (QED) is 0.746. The second-order valence-electron chi connectivity index (χ2n) is 5.95. The van der Waals surface area contributed by atoms with E-state index in [1.807, 2.05) is 18.2 Å². The molecule has 1 fully saturated rings. The van der Waals surface area contributed by atoms with E-state index in [-0.39, 0.29) is 11.7 Å². The molecule has 104 valence electrons. The van der Waals surface area contributed by atoms with Crippen LogP contribution in [0.25, 0.3) is 0 Å². The van der Waals surface area contributed by atoms with Gasteiger partial charge < -0.3 is 9.84 Å². The molecular weight excluding hydrogens is 304 g/mol. The minimum atomic E-state index is -0.378. The maximum Gasteiger partial charge on any atom is 0.127 e. The first kappa shape index (κ1) is 13.4. The van der Waals surface area contributed by atoms with Gasteiger partial charge in [-0.2, -0.15) is 0 Å². The molecule has 1 saturated carbocycles. The van der Waals surface area contributed by atoms with Gasteiger partial charge in [0, 0.05) is 16.5 Å². The van der Waals surface area contributed by atoms with E-state index < -0.39 is 0 Å². The maximum atomic E-state index is 10.4. The Kier molecular flexibility index (Phi) is 3.86. The van der Waals surface area contributed by atoms with Gasteiger partial charge in [-0.15, -0.1) is 0 Å². The van der Waals surface area contributed by atoms with Crippen LogP contribution in [-0.4, -0.2) is 10.7 Å². The molecule has 1 aliphatic carbocycles. The van der Waals surface area contributed by atoms with Gasteiger partial charge in [0.2, 0.25) is 0 Å². The average Bonchev–Trinajstić information content (AvgIpc) is 2.34. The van der Waals surface area contributed by atoms with E-state index in [9.17, 15) is 5.11 Å². The van der Waals surface area contributed by atoms with Crippen LogP contribution in [0.15, 0.2) is 22.7 Å². The lowest BCUT2D eigenvalue weighted by atomic mass is 9.79. The fourth-order valence-corrected chi connectivity index (χ4v) is 3.81. The zero-order chi connectivity index (χ0) is 13.3. The molecule has 1 atom stereocenters. The number of rotatable bonds is 0. The van der Waals surface area contributed by atoms with Crippen LogP contribution < -0.4 is 4.74 Å². The van der Waals surface area contributed by atoms with Crippen LogP contribution in [0.2, 0.25) is 0 Å². The van der Waals surface area contributed by atoms with E-state index in [2.05, 4.69) is 15.9 Å². The monoisotopic (exact) mass is 324 g/mol. The highest BCUT2D eigenvalue weighted by molar-refractivity contribution is 9.10. The third kappa shape index (κ3) is 2.82. The Morgan fingerprint density at radius 1 is 1.11 bits per heavy atom. The number of fused-ring (bicyclic) bond motifs is 1. The van der Waals surface area contributed by atoms with E-state index in [4.69, 9.17) is 4.74 Å². The average molecular weight is 325 g/mol. The summed E-state index contributed by atoms with van der Waals surface area (Å²) in [6.07, 6.45) is 8.91. The Hall–Kier alpha value is -0.540. The normalized spacial score (nSPS) is 26.1. The van der Waals surface area contributed by atoms with Crippen molar-refractivity contribution in [1.29, 1.82) is 0 Å². The predicted octanol–water partition coefficient (Wildman–Crippen LogP) is 4.75. The van der Waals surface area contributed by atoms with E-state index in [1.165, 1.54) is 32.1 Å². The molecule has 1 aliphatic heterocycles. The Balaban J connectivity index is 1.89. The van der Waals surface area contributed by atoms with Crippen molar-refractivity contribution in [3.05, 3.63) is 28.2 Å². The Morgan fingerprint density at radius 3 is 2.53 bits per heavy atom. The Morgan fingerprint density at radius 2 is 1.79 bits per heavy atom. The predicted molar refractivity (Wildman–Crippen MR) is 79.4 cm³/mol. The molecule has 3 rings (SSSR count). The molecule has 19 heavy (non-hydrogen) atoms. The van der Waals surface area contributed by atoms with Gasteiger partial charge in [0.15, 0.2) is 0 Å². The van der Waals surface area contributed by atoms with Crippen molar-refractivity contribution in [2.75, 3.05) is 0 Å². The zero-order valence-electron chi connectivity index (χ0n) is 11.2. The summed E-state index contributed by atoms with van der Waals surface area (Å²) >= 11 is 3.49. The van der Waals surface area contributed by atoms with Crippen molar-refractivity contribution in [2.45, 2.75) is 63.1 Å². The molecule has 1 N–H and O–H groups in total. The minimum Gasteiger partial charge on any atom is -0.487 e. The van der Waals surface area contributed by atoms with Crippen LogP contribution in [0.3, 0.4) is 0 Å². The van der Waals surface area contributed by atoms with Gasteiger partial charge in [-0.05, 0) is 37.8 Å². The summed E-state index contributed by atoms with van der Waals surface area (Å²) in [5.41, 5.74) is 0.809. The summed E-state index contributed by atoms with van der Waals surface area (Å²) in [6.45, 7) is 0. The van der Waals surface area contributed by atoms with Gasteiger partial charge in [-0.3, -0.25) is 0 Å². The molecule has 3 heteroatoms. The number of benzene rings is 1. The van der Waals surface area contributed by atoms with E-state index in [1.54, 1.807) is 0 Å². The van der Waals surface area contributed by atoms with E-state index in [0.29, 0.717) is 0 Å². The first-order valence-electron chi connectivity index (χ1n) is 7.35. The number of hydrogen-bond donors (Lipinski definition) is 1. The molecule has 1 spiro atoms. The lowest BCUT2D eigenvalue weighted by Crippen LogP contribution is -2.41. The van der Waals surface area contributed by atoms with Gasteiger partial charge >= 0.3 is 0 Å². The van der Waals surface area contributed by atoms with Gasteiger partial charge in [-0.25, -0.2) is 0 Å². The summed E-state index contributed by atoms with van der Waals surface area (Å²) in [7, 11) is 0. The second kappa shape index (κ2) is 5.45. The van der Waals surface area contributed by atoms with Crippen LogP contribution >= 0.6 is 15.9 Å². The third-order valence-corrected chi connectivity index (χ3v) is 4.98. The fraction of sp³-hybridized carbons (Fsp3) is 0.625. The fourth-order valence-electron chi connectivity index (χ4n) is 3.46. The summed E-state index contributed by atoms with van der Waals surface area (Å²) < 4.78 is 7.37. The summed E-state index contributed by atoms with van der Waals surface area (Å²) in [4.78, 5) is 0. The largest absolute Gasteiger partial charge is 0.487 e. The number of aliphatic hydroxyl groups excluding tert-OH is 1. The maximum absolute atomic E-state index is 10.4. The van der Waals surface area contributed by atoms with Crippen LogP contribution in [0, 0.1) is 0 Å². The van der Waals surface area contributed by atoms with Crippen molar-refractivity contribution in [1.82, 2.24) is 0 Å². The van der Waals surface area contributed by atoms with Crippen LogP contribution in [0.1, 0.15) is 63.0 Å². The molecule has 1 aromatic carbocycles. The van der Waals surface area contributed by atoms with Gasteiger partial charge in [-0.1, -0.05) is 41.3 Å². The number of hydrogen-bond acceptors (Lipinski definition) is 2. The zero-order valence-corrected chi connectivity index (χ0v) is 12.8. The topological polar surface area (TPSA) is 29.5 Å². The van der Waals surface area contributed by atoms with Gasteiger partial charge in [0.25, 0.3) is 0 Å². The molecule has 0 amide bonds. The molecule has 2 nitrogen and oxygen atoms in total. The summed E-state index contributed by atoms with van der Waals surface area (Å²) in [6, 6.07) is 5.94. The molecule has 0 unspecified atom stereocenters. The van der Waals surface area contributed by atoms with Crippen LogP contribution in [0.5, 0.6) is 5.75 Å². The first-order valence-corrected chi connectivity index (χ1v) is 8.14. The van der Waals surface area contributed by atoms with Crippen molar-refractivity contribution >= 4 is 15.9 Å². The van der Waals surface area contributed by atoms with Gasteiger partial charge in [0.05, 0.1) is 6.10 Å². The van der Waals surface area contributed by atoms with Crippen molar-refractivity contribution < 1.29 is 9.84 Å². The standard InChI is InChI=1S/C16H21BrO2/c17-12-6-7-13-14(18)11-16(19-15(13)10-12)8-4-2-1-3-5-9-16/h6-7,10,14,18H,1-5,8-9,11H2/t14-/m1/s1. The first-order chi connectivity index (χ1) is 9.19. The van der Waals surface area contributed by atoms with Crippen LogP contribution in [-0.2, 0) is 0 Å². The number of ether oxygens (including phenoxy) is 1. The molecule has 1 heterocycles. The molecule has 0 bridgehead atoms. The lowest BCUT2D eigenvalue weighted by Gasteiger charge is -2.42. The Labute approximate surface area is 123 Å². The second-order valence-corrected chi connectivity index (χ2v) is 6.87. The summed E-state index contributed by atoms with van der Waals surface area (Å²) in [5, 5.41) is 10.4. The molecular formula is C16H21BrO2. The SMILES string of the molecule is O[C@@H]1CC2(CCCCCCC2)Oc2cc(Br)ccc21. The summed E-state index contributed by atoms with van der Waals surface area (Å²) in [5.74, 6) is 0.869. The van der Waals surface area contributed by atoms with Crippen molar-refractivity contribution in [3.8, 4) is 5.75 Å². The number of aliphatic hydroxyl groups is 1. The van der Waals surface area contributed by atoms with Crippen molar-refractivity contribution in [3.63, 3.8) is 0 Å².